The fourth-order valence-electron chi connectivity index (χ4n) is 1.72. The summed E-state index contributed by atoms with van der Waals surface area (Å²) in [7, 11) is 0. The first-order valence-electron chi connectivity index (χ1n) is 5.86. The van der Waals surface area contributed by atoms with Gasteiger partial charge in [0.1, 0.15) is 12.4 Å². The number of carbonyl (C=O) groups excluding carboxylic acids is 1. The number of benzene rings is 2. The van der Waals surface area contributed by atoms with Crippen LogP contribution in [0.4, 0.5) is 5.69 Å². The second-order valence-electron chi connectivity index (χ2n) is 4.16. The maximum Gasteiger partial charge on any atom is 0.240 e. The highest BCUT2D eigenvalue weighted by atomic mass is 79.9. The Kier molecular flexibility index (Phi) is 4.96. The van der Waals surface area contributed by atoms with Gasteiger partial charge in [-0.05, 0) is 36.8 Å². The molecule has 0 aliphatic rings. The minimum Gasteiger partial charge on any atom is -0.487 e. The van der Waals surface area contributed by atoms with Crippen LogP contribution in [-0.4, -0.2) is 6.08 Å². The first-order valence-corrected chi connectivity index (χ1v) is 7.03. The molecule has 0 saturated heterocycles. The number of isocyanates is 1. The monoisotopic (exact) mass is 351 g/mol. The third-order valence-electron chi connectivity index (χ3n) is 2.72. The molecule has 20 heavy (non-hydrogen) atoms. The van der Waals surface area contributed by atoms with Crippen molar-refractivity contribution in [2.75, 3.05) is 0 Å². The number of rotatable bonds is 4. The summed E-state index contributed by atoms with van der Waals surface area (Å²) < 4.78 is 6.51. The van der Waals surface area contributed by atoms with E-state index >= 15 is 0 Å². The number of ether oxygens (including phenoxy) is 1. The van der Waals surface area contributed by atoms with Crippen LogP contribution >= 0.6 is 27.5 Å². The first kappa shape index (κ1) is 14.8. The lowest BCUT2D eigenvalue weighted by Crippen LogP contribution is -1.97. The summed E-state index contributed by atoms with van der Waals surface area (Å²) in [6.07, 6.45) is 1.54. The Balaban J connectivity index is 2.24. The van der Waals surface area contributed by atoms with Crippen molar-refractivity contribution in [3.05, 3.63) is 57.0 Å². The molecule has 0 atom stereocenters. The maximum atomic E-state index is 10.4. The van der Waals surface area contributed by atoms with Crippen LogP contribution in [0.15, 0.2) is 45.9 Å². The van der Waals surface area contributed by atoms with Crippen molar-refractivity contribution in [3.8, 4) is 5.75 Å². The van der Waals surface area contributed by atoms with Gasteiger partial charge in [-0.1, -0.05) is 39.7 Å². The number of aliphatic imine (C=N–C) groups is 1. The zero-order chi connectivity index (χ0) is 14.5. The highest BCUT2D eigenvalue weighted by Crippen LogP contribution is 2.30. The molecule has 0 amide bonds. The average Bonchev–Trinajstić information content (AvgIpc) is 2.40. The summed E-state index contributed by atoms with van der Waals surface area (Å²) in [4.78, 5) is 14.1. The number of hydrogen-bond donors (Lipinski definition) is 0. The largest absolute Gasteiger partial charge is 0.487 e. The lowest BCUT2D eigenvalue weighted by Gasteiger charge is -2.11. The van der Waals surface area contributed by atoms with Crippen LogP contribution in [0.1, 0.15) is 11.1 Å². The SMILES string of the molecule is Cc1ccc(OCc2c(Br)cccc2N=C=O)c(Cl)c1. The third-order valence-corrected chi connectivity index (χ3v) is 3.76. The van der Waals surface area contributed by atoms with E-state index in [4.69, 9.17) is 16.3 Å². The summed E-state index contributed by atoms with van der Waals surface area (Å²) in [5.74, 6) is 0.592. The fourth-order valence-corrected chi connectivity index (χ4v) is 2.48. The minimum atomic E-state index is 0.255. The van der Waals surface area contributed by atoms with Gasteiger partial charge in [0.25, 0.3) is 0 Å². The van der Waals surface area contributed by atoms with Crippen molar-refractivity contribution in [2.45, 2.75) is 13.5 Å². The molecular formula is C15H11BrClNO2. The van der Waals surface area contributed by atoms with Gasteiger partial charge < -0.3 is 4.74 Å². The second kappa shape index (κ2) is 6.71. The predicted octanol–water partition coefficient (Wildman–Crippen LogP) is 4.96. The van der Waals surface area contributed by atoms with E-state index in [1.54, 1.807) is 18.2 Å². The summed E-state index contributed by atoms with van der Waals surface area (Å²) in [5.41, 5.74) is 2.36. The van der Waals surface area contributed by atoms with E-state index in [1.807, 2.05) is 31.2 Å². The van der Waals surface area contributed by atoms with Gasteiger partial charge >= 0.3 is 0 Å². The summed E-state index contributed by atoms with van der Waals surface area (Å²) >= 11 is 9.53. The molecule has 0 aliphatic heterocycles. The molecule has 5 heteroatoms. The summed E-state index contributed by atoms with van der Waals surface area (Å²) in [6.45, 7) is 2.21. The Morgan fingerprint density at radius 1 is 1.35 bits per heavy atom. The van der Waals surface area contributed by atoms with Crippen molar-refractivity contribution in [3.63, 3.8) is 0 Å². The molecule has 102 valence electrons. The van der Waals surface area contributed by atoms with Gasteiger partial charge in [-0.2, -0.15) is 4.99 Å². The zero-order valence-corrected chi connectivity index (χ0v) is 13.0. The molecule has 0 spiro atoms. The molecule has 2 rings (SSSR count). The topological polar surface area (TPSA) is 38.7 Å². The molecule has 2 aromatic carbocycles. The lowest BCUT2D eigenvalue weighted by atomic mass is 10.2. The molecule has 0 unspecified atom stereocenters. The molecule has 0 aromatic heterocycles. The van der Waals surface area contributed by atoms with Crippen LogP contribution in [0.2, 0.25) is 5.02 Å². The molecule has 0 bridgehead atoms. The molecule has 0 N–H and O–H groups in total. The molecule has 3 nitrogen and oxygen atoms in total. The summed E-state index contributed by atoms with van der Waals surface area (Å²) in [5, 5.41) is 0.553. The number of hydrogen-bond acceptors (Lipinski definition) is 3. The first-order chi connectivity index (χ1) is 9.61. The van der Waals surface area contributed by atoms with Gasteiger partial charge in [-0.25, -0.2) is 4.79 Å². The Morgan fingerprint density at radius 3 is 2.85 bits per heavy atom. The Morgan fingerprint density at radius 2 is 2.15 bits per heavy atom. The smallest absolute Gasteiger partial charge is 0.240 e. The maximum absolute atomic E-state index is 10.4. The van der Waals surface area contributed by atoms with E-state index in [0.717, 1.165) is 15.6 Å². The van der Waals surface area contributed by atoms with Crippen LogP contribution in [0, 0.1) is 6.92 Å². The van der Waals surface area contributed by atoms with Crippen molar-refractivity contribution in [1.29, 1.82) is 0 Å². The lowest BCUT2D eigenvalue weighted by molar-refractivity contribution is 0.306. The van der Waals surface area contributed by atoms with Crippen LogP contribution in [-0.2, 0) is 11.4 Å². The second-order valence-corrected chi connectivity index (χ2v) is 5.42. The Labute approximate surface area is 130 Å². The molecule has 2 aromatic rings. The highest BCUT2D eigenvalue weighted by molar-refractivity contribution is 9.10. The van der Waals surface area contributed by atoms with Gasteiger partial charge in [-0.3, -0.25) is 0 Å². The van der Waals surface area contributed by atoms with E-state index in [9.17, 15) is 4.79 Å². The van der Waals surface area contributed by atoms with E-state index in [0.29, 0.717) is 16.5 Å². The molecular weight excluding hydrogens is 342 g/mol. The van der Waals surface area contributed by atoms with Gasteiger partial charge in [-0.15, -0.1) is 0 Å². The Hall–Kier alpha value is -1.61. The number of halogens is 2. The fraction of sp³-hybridized carbons (Fsp3) is 0.133. The molecule has 0 radical (unpaired) electrons. The summed E-state index contributed by atoms with van der Waals surface area (Å²) in [6, 6.07) is 11.0. The van der Waals surface area contributed by atoms with Crippen molar-refractivity contribution in [2.24, 2.45) is 4.99 Å². The standard InChI is InChI=1S/C15H11BrClNO2/c1-10-5-6-15(13(17)7-10)20-8-11-12(16)3-2-4-14(11)18-9-19/h2-7H,8H2,1H3. The average molecular weight is 353 g/mol. The quantitative estimate of drug-likeness (QED) is 0.576. The predicted molar refractivity (Wildman–Crippen MR) is 82.4 cm³/mol. The number of nitrogens with zero attached hydrogens (tertiary/aromatic N) is 1. The van der Waals surface area contributed by atoms with Gasteiger partial charge in [0.05, 0.1) is 10.7 Å². The van der Waals surface area contributed by atoms with Crippen molar-refractivity contribution >= 4 is 39.3 Å². The zero-order valence-electron chi connectivity index (χ0n) is 10.7. The van der Waals surface area contributed by atoms with Crippen molar-refractivity contribution in [1.82, 2.24) is 0 Å². The van der Waals surface area contributed by atoms with Crippen molar-refractivity contribution < 1.29 is 9.53 Å². The van der Waals surface area contributed by atoms with Crippen LogP contribution in [0.3, 0.4) is 0 Å². The van der Waals surface area contributed by atoms with E-state index < -0.39 is 0 Å². The minimum absolute atomic E-state index is 0.255. The third kappa shape index (κ3) is 3.48. The molecule has 0 aliphatic carbocycles. The van der Waals surface area contributed by atoms with Crippen LogP contribution in [0.5, 0.6) is 5.75 Å². The van der Waals surface area contributed by atoms with Gasteiger partial charge in [0.15, 0.2) is 0 Å². The highest BCUT2D eigenvalue weighted by Gasteiger charge is 2.09. The normalized spacial score (nSPS) is 9.95. The molecule has 0 heterocycles. The molecule has 0 saturated carbocycles. The number of aryl methyl sites for hydroxylation is 1. The molecule has 0 fully saturated rings. The Bertz CT molecular complexity index is 682. The van der Waals surface area contributed by atoms with Gasteiger partial charge in [0.2, 0.25) is 6.08 Å². The van der Waals surface area contributed by atoms with Crippen LogP contribution < -0.4 is 4.74 Å². The van der Waals surface area contributed by atoms with E-state index in [2.05, 4.69) is 20.9 Å². The van der Waals surface area contributed by atoms with E-state index in [1.165, 1.54) is 0 Å². The van der Waals surface area contributed by atoms with Crippen LogP contribution in [0.25, 0.3) is 0 Å². The van der Waals surface area contributed by atoms with E-state index in [-0.39, 0.29) is 6.61 Å². The van der Waals surface area contributed by atoms with Gasteiger partial charge in [0, 0.05) is 10.0 Å².